The molecular weight excluding hydrogens is 458 g/mol. The van der Waals surface area contributed by atoms with Gasteiger partial charge in [-0.15, -0.1) is 21.5 Å². The number of fused-ring (bicyclic) bond motifs is 2. The van der Waals surface area contributed by atoms with E-state index in [0.29, 0.717) is 33.1 Å². The topological polar surface area (TPSA) is 83.5 Å². The number of aromatic nitrogens is 5. The molecule has 5 aromatic rings. The van der Waals surface area contributed by atoms with E-state index in [4.69, 9.17) is 9.47 Å². The van der Waals surface area contributed by atoms with Crippen LogP contribution in [-0.4, -0.2) is 30.9 Å². The van der Waals surface area contributed by atoms with Crippen LogP contribution >= 0.6 is 23.1 Å². The van der Waals surface area contributed by atoms with Gasteiger partial charge in [0.1, 0.15) is 0 Å². The minimum atomic E-state index is -0.0695. The fourth-order valence-electron chi connectivity index (χ4n) is 3.71. The van der Waals surface area contributed by atoms with Gasteiger partial charge < -0.3 is 9.47 Å². The number of hydrogen-bond acceptors (Lipinski definition) is 8. The van der Waals surface area contributed by atoms with Crippen molar-refractivity contribution in [3.63, 3.8) is 0 Å². The van der Waals surface area contributed by atoms with Gasteiger partial charge in [0.05, 0.1) is 5.69 Å². The molecule has 3 aromatic heterocycles. The van der Waals surface area contributed by atoms with Gasteiger partial charge in [0.15, 0.2) is 27.4 Å². The predicted molar refractivity (Wildman–Crippen MR) is 127 cm³/mol. The van der Waals surface area contributed by atoms with E-state index in [1.54, 1.807) is 10.5 Å². The quantitative estimate of drug-likeness (QED) is 0.350. The number of rotatable bonds is 5. The van der Waals surface area contributed by atoms with Crippen LogP contribution in [0.4, 0.5) is 0 Å². The molecule has 164 valence electrons. The average molecular weight is 476 g/mol. The van der Waals surface area contributed by atoms with Crippen LogP contribution in [0.25, 0.3) is 22.0 Å². The zero-order valence-corrected chi connectivity index (χ0v) is 19.1. The number of thioether (sulfide) groups is 1. The second kappa shape index (κ2) is 8.05. The molecule has 0 radical (unpaired) electrons. The first-order valence-electron chi connectivity index (χ1n) is 10.2. The SMILES string of the molecule is Cc1csc2nc(CSc3nnc(-c4ccc5c(c4)OCO5)n3-c3ccccc3)cc(=O)n12. The molecule has 0 saturated heterocycles. The number of hydrogen-bond donors (Lipinski definition) is 0. The van der Waals surface area contributed by atoms with Gasteiger partial charge in [0.2, 0.25) is 6.79 Å². The second-order valence-electron chi connectivity index (χ2n) is 7.41. The molecule has 8 nitrogen and oxygen atoms in total. The van der Waals surface area contributed by atoms with Gasteiger partial charge >= 0.3 is 0 Å². The first-order chi connectivity index (χ1) is 16.2. The van der Waals surface area contributed by atoms with E-state index in [1.807, 2.05) is 65.4 Å². The standard InChI is InChI=1S/C23H17N5O3S2/c1-14-11-32-22-24-16(10-20(29)27(14)22)12-33-23-26-25-21(28(23)17-5-3-2-4-6-17)15-7-8-18-19(9-15)31-13-30-18/h2-11H,12-13H2,1H3. The van der Waals surface area contributed by atoms with Crippen molar-refractivity contribution in [3.8, 4) is 28.6 Å². The fourth-order valence-corrected chi connectivity index (χ4v) is 5.44. The zero-order chi connectivity index (χ0) is 22.4. The van der Waals surface area contributed by atoms with Crippen molar-refractivity contribution < 1.29 is 9.47 Å². The Kier molecular flexibility index (Phi) is 4.88. The fraction of sp³-hybridized carbons (Fsp3) is 0.130. The van der Waals surface area contributed by atoms with Crippen LogP contribution in [0.2, 0.25) is 0 Å². The lowest BCUT2D eigenvalue weighted by Crippen LogP contribution is -2.14. The van der Waals surface area contributed by atoms with Gasteiger partial charge in [-0.05, 0) is 37.3 Å². The summed E-state index contributed by atoms with van der Waals surface area (Å²) in [4.78, 5) is 17.9. The van der Waals surface area contributed by atoms with E-state index in [1.165, 1.54) is 23.1 Å². The average Bonchev–Trinajstić information content (AvgIpc) is 3.56. The Morgan fingerprint density at radius 1 is 1.06 bits per heavy atom. The van der Waals surface area contributed by atoms with Crippen molar-refractivity contribution in [2.45, 2.75) is 17.8 Å². The van der Waals surface area contributed by atoms with Crippen LogP contribution < -0.4 is 15.0 Å². The molecule has 0 amide bonds. The van der Waals surface area contributed by atoms with E-state index < -0.39 is 0 Å². The maximum atomic E-state index is 12.5. The molecule has 0 atom stereocenters. The minimum absolute atomic E-state index is 0.0695. The van der Waals surface area contributed by atoms with E-state index in [-0.39, 0.29) is 12.4 Å². The van der Waals surface area contributed by atoms with Gasteiger partial charge in [-0.3, -0.25) is 13.8 Å². The van der Waals surface area contributed by atoms with Gasteiger partial charge in [-0.25, -0.2) is 4.98 Å². The van der Waals surface area contributed by atoms with Crippen LogP contribution in [0.5, 0.6) is 11.5 Å². The Morgan fingerprint density at radius 3 is 2.79 bits per heavy atom. The van der Waals surface area contributed by atoms with Crippen LogP contribution in [0, 0.1) is 6.92 Å². The van der Waals surface area contributed by atoms with E-state index in [0.717, 1.165) is 22.7 Å². The first kappa shape index (κ1) is 20.0. The lowest BCUT2D eigenvalue weighted by molar-refractivity contribution is 0.174. The Bertz CT molecular complexity index is 1540. The molecule has 1 aliphatic heterocycles. The molecule has 4 heterocycles. The summed E-state index contributed by atoms with van der Waals surface area (Å²) in [5.74, 6) is 2.60. The molecule has 0 saturated carbocycles. The second-order valence-corrected chi connectivity index (χ2v) is 9.19. The lowest BCUT2D eigenvalue weighted by atomic mass is 10.2. The number of benzene rings is 2. The van der Waals surface area contributed by atoms with E-state index in [9.17, 15) is 4.79 Å². The van der Waals surface area contributed by atoms with Crippen LogP contribution in [0.1, 0.15) is 11.4 Å². The van der Waals surface area contributed by atoms with Crippen LogP contribution in [0.15, 0.2) is 69.9 Å². The van der Waals surface area contributed by atoms with Gasteiger partial charge in [0, 0.05) is 34.1 Å². The molecule has 10 heteroatoms. The molecule has 0 spiro atoms. The number of thiazole rings is 1. The minimum Gasteiger partial charge on any atom is -0.454 e. The molecule has 6 rings (SSSR count). The molecule has 33 heavy (non-hydrogen) atoms. The smallest absolute Gasteiger partial charge is 0.258 e. The molecular formula is C23H17N5O3S2. The summed E-state index contributed by atoms with van der Waals surface area (Å²) >= 11 is 2.95. The van der Waals surface area contributed by atoms with Crippen molar-refractivity contribution in [1.82, 2.24) is 24.1 Å². The Hall–Kier alpha value is -3.63. The third-order valence-corrected chi connectivity index (χ3v) is 7.16. The third-order valence-electron chi connectivity index (χ3n) is 5.26. The number of ether oxygens (including phenoxy) is 2. The summed E-state index contributed by atoms with van der Waals surface area (Å²) in [6.45, 7) is 2.12. The Balaban J connectivity index is 1.38. The maximum absolute atomic E-state index is 12.5. The molecule has 0 aliphatic carbocycles. The van der Waals surface area contributed by atoms with Crippen LogP contribution in [0.3, 0.4) is 0 Å². The molecule has 0 N–H and O–H groups in total. The lowest BCUT2D eigenvalue weighted by Gasteiger charge is -2.10. The van der Waals surface area contributed by atoms with Gasteiger partial charge in [0.25, 0.3) is 5.56 Å². The van der Waals surface area contributed by atoms with Gasteiger partial charge in [-0.1, -0.05) is 30.0 Å². The third kappa shape index (κ3) is 3.57. The van der Waals surface area contributed by atoms with Crippen LogP contribution in [-0.2, 0) is 5.75 Å². The van der Waals surface area contributed by atoms with E-state index >= 15 is 0 Å². The zero-order valence-electron chi connectivity index (χ0n) is 17.5. The molecule has 1 aliphatic rings. The Labute approximate surface area is 196 Å². The van der Waals surface area contributed by atoms with Crippen molar-refractivity contribution in [3.05, 3.63) is 81.7 Å². The monoisotopic (exact) mass is 475 g/mol. The normalized spacial score (nSPS) is 12.5. The largest absolute Gasteiger partial charge is 0.454 e. The highest BCUT2D eigenvalue weighted by Crippen LogP contribution is 2.37. The highest BCUT2D eigenvalue weighted by Gasteiger charge is 2.20. The van der Waals surface area contributed by atoms with Gasteiger partial charge in [-0.2, -0.15) is 0 Å². The summed E-state index contributed by atoms with van der Waals surface area (Å²) in [5, 5.41) is 11.6. The summed E-state index contributed by atoms with van der Waals surface area (Å²) in [6, 6.07) is 17.3. The highest BCUT2D eigenvalue weighted by atomic mass is 32.2. The number of aryl methyl sites for hydroxylation is 1. The molecule has 0 bridgehead atoms. The van der Waals surface area contributed by atoms with Crippen molar-refractivity contribution in [2.24, 2.45) is 0 Å². The molecule has 2 aromatic carbocycles. The first-order valence-corrected chi connectivity index (χ1v) is 12.0. The molecule has 0 fully saturated rings. The number of nitrogens with zero attached hydrogens (tertiary/aromatic N) is 5. The van der Waals surface area contributed by atoms with Crippen molar-refractivity contribution in [2.75, 3.05) is 6.79 Å². The number of para-hydroxylation sites is 1. The summed E-state index contributed by atoms with van der Waals surface area (Å²) < 4.78 is 14.6. The summed E-state index contributed by atoms with van der Waals surface area (Å²) in [6.07, 6.45) is 0. The maximum Gasteiger partial charge on any atom is 0.258 e. The highest BCUT2D eigenvalue weighted by molar-refractivity contribution is 7.98. The molecule has 0 unspecified atom stereocenters. The Morgan fingerprint density at radius 2 is 1.91 bits per heavy atom. The summed E-state index contributed by atoms with van der Waals surface area (Å²) in [7, 11) is 0. The predicted octanol–water partition coefficient (Wildman–Crippen LogP) is 4.33. The van der Waals surface area contributed by atoms with Crippen molar-refractivity contribution in [1.29, 1.82) is 0 Å². The van der Waals surface area contributed by atoms with Crippen molar-refractivity contribution >= 4 is 28.1 Å². The summed E-state index contributed by atoms with van der Waals surface area (Å²) in [5.41, 5.74) is 3.34. The van der Waals surface area contributed by atoms with E-state index in [2.05, 4.69) is 15.2 Å².